The zero-order valence-corrected chi connectivity index (χ0v) is 12.2. The number of hydrogen-bond donors (Lipinski definition) is 2. The van der Waals surface area contributed by atoms with Crippen molar-refractivity contribution in [2.75, 3.05) is 5.32 Å². The first-order chi connectivity index (χ1) is 8.99. The lowest BCUT2D eigenvalue weighted by Gasteiger charge is -2.13. The van der Waals surface area contributed by atoms with Gasteiger partial charge in [0.15, 0.2) is 0 Å². The van der Waals surface area contributed by atoms with Crippen molar-refractivity contribution in [3.8, 4) is 0 Å². The fraction of sp³-hybridized carbons (Fsp3) is 0.0769. The maximum Gasteiger partial charge on any atom is 0.250 e. The molecular formula is C13H11FIN3O. The van der Waals surface area contributed by atoms with Crippen molar-refractivity contribution < 1.29 is 9.18 Å². The number of pyridine rings is 1. The summed E-state index contributed by atoms with van der Waals surface area (Å²) in [5.41, 5.74) is 6.86. The summed E-state index contributed by atoms with van der Waals surface area (Å²) in [6.45, 7) is 1.72. The Balaban J connectivity index is 2.46. The van der Waals surface area contributed by atoms with E-state index in [-0.39, 0.29) is 11.3 Å². The highest BCUT2D eigenvalue weighted by atomic mass is 127. The minimum Gasteiger partial charge on any atom is -0.366 e. The summed E-state index contributed by atoms with van der Waals surface area (Å²) in [5.74, 6) is -0.982. The predicted octanol–water partition coefficient (Wildman–Crippen LogP) is 2.98. The lowest BCUT2D eigenvalue weighted by atomic mass is 10.1. The molecule has 1 amide bonds. The van der Waals surface area contributed by atoms with E-state index in [0.29, 0.717) is 11.4 Å². The third kappa shape index (κ3) is 3.01. The van der Waals surface area contributed by atoms with Crippen LogP contribution in [0.3, 0.4) is 0 Å². The molecule has 0 saturated carbocycles. The van der Waals surface area contributed by atoms with E-state index in [1.165, 1.54) is 18.3 Å². The SMILES string of the molecule is Cc1nccc(C(N)=O)c1Nc1ccc(I)cc1F. The van der Waals surface area contributed by atoms with Crippen molar-refractivity contribution in [3.63, 3.8) is 0 Å². The summed E-state index contributed by atoms with van der Waals surface area (Å²) in [7, 11) is 0. The Morgan fingerprint density at radius 1 is 1.42 bits per heavy atom. The number of nitrogens with zero attached hydrogens (tertiary/aromatic N) is 1. The van der Waals surface area contributed by atoms with Crippen molar-refractivity contribution in [2.45, 2.75) is 6.92 Å². The number of rotatable bonds is 3. The molecule has 1 heterocycles. The number of amides is 1. The summed E-state index contributed by atoms with van der Waals surface area (Å²) < 4.78 is 14.6. The Morgan fingerprint density at radius 2 is 2.16 bits per heavy atom. The molecule has 6 heteroatoms. The van der Waals surface area contributed by atoms with Crippen LogP contribution in [0.15, 0.2) is 30.5 Å². The van der Waals surface area contributed by atoms with E-state index in [1.54, 1.807) is 19.1 Å². The van der Waals surface area contributed by atoms with Crippen LogP contribution in [-0.4, -0.2) is 10.9 Å². The molecule has 2 rings (SSSR count). The molecule has 0 spiro atoms. The Hall–Kier alpha value is -1.70. The van der Waals surface area contributed by atoms with E-state index in [4.69, 9.17) is 5.73 Å². The molecule has 1 aromatic heterocycles. The van der Waals surface area contributed by atoms with E-state index in [2.05, 4.69) is 10.3 Å². The maximum atomic E-state index is 13.8. The Kier molecular flexibility index (Phi) is 3.98. The second kappa shape index (κ2) is 5.52. The van der Waals surface area contributed by atoms with Gasteiger partial charge in [0.25, 0.3) is 5.91 Å². The first-order valence-corrected chi connectivity index (χ1v) is 6.54. The molecule has 0 bridgehead atoms. The number of nitrogens with two attached hydrogens (primary N) is 1. The highest BCUT2D eigenvalue weighted by molar-refractivity contribution is 14.1. The summed E-state index contributed by atoms with van der Waals surface area (Å²) in [4.78, 5) is 15.4. The minimum absolute atomic E-state index is 0.277. The summed E-state index contributed by atoms with van der Waals surface area (Å²) in [6, 6.07) is 6.27. The largest absolute Gasteiger partial charge is 0.366 e. The minimum atomic E-state index is -0.584. The molecule has 0 fully saturated rings. The number of aromatic nitrogens is 1. The van der Waals surface area contributed by atoms with Crippen molar-refractivity contribution >= 4 is 39.9 Å². The predicted molar refractivity (Wildman–Crippen MR) is 79.9 cm³/mol. The van der Waals surface area contributed by atoms with Crippen LogP contribution in [0.25, 0.3) is 0 Å². The van der Waals surface area contributed by atoms with Crippen molar-refractivity contribution in [1.29, 1.82) is 0 Å². The van der Waals surface area contributed by atoms with Gasteiger partial charge in [0.05, 0.1) is 22.6 Å². The molecule has 3 N–H and O–H groups in total. The highest BCUT2D eigenvalue weighted by Crippen LogP contribution is 2.26. The van der Waals surface area contributed by atoms with Gasteiger partial charge in [-0.05, 0) is 53.8 Å². The van der Waals surface area contributed by atoms with Gasteiger partial charge in [0.2, 0.25) is 0 Å². The number of primary amides is 1. The van der Waals surface area contributed by atoms with E-state index in [1.807, 2.05) is 22.6 Å². The number of carbonyl (C=O) groups is 1. The van der Waals surface area contributed by atoms with Crippen LogP contribution in [-0.2, 0) is 0 Å². The van der Waals surface area contributed by atoms with E-state index < -0.39 is 11.7 Å². The van der Waals surface area contributed by atoms with Crippen molar-refractivity contribution in [2.24, 2.45) is 5.73 Å². The van der Waals surface area contributed by atoms with E-state index in [9.17, 15) is 9.18 Å². The quantitative estimate of drug-likeness (QED) is 0.816. The van der Waals surface area contributed by atoms with Crippen LogP contribution >= 0.6 is 22.6 Å². The molecule has 0 aliphatic heterocycles. The summed E-state index contributed by atoms with van der Waals surface area (Å²) >= 11 is 2.02. The van der Waals surface area contributed by atoms with Gasteiger partial charge < -0.3 is 11.1 Å². The van der Waals surface area contributed by atoms with Gasteiger partial charge in [0, 0.05) is 9.77 Å². The second-order valence-electron chi connectivity index (χ2n) is 3.93. The van der Waals surface area contributed by atoms with Crippen molar-refractivity contribution in [3.05, 3.63) is 51.1 Å². The zero-order valence-electron chi connectivity index (χ0n) is 10.1. The Bertz CT molecular complexity index is 646. The fourth-order valence-corrected chi connectivity index (χ4v) is 2.11. The maximum absolute atomic E-state index is 13.8. The van der Waals surface area contributed by atoms with Crippen LogP contribution in [0.2, 0.25) is 0 Å². The van der Waals surface area contributed by atoms with Gasteiger partial charge >= 0.3 is 0 Å². The highest BCUT2D eigenvalue weighted by Gasteiger charge is 2.13. The van der Waals surface area contributed by atoms with Crippen LogP contribution < -0.4 is 11.1 Å². The first-order valence-electron chi connectivity index (χ1n) is 5.46. The topological polar surface area (TPSA) is 68.0 Å². The van der Waals surface area contributed by atoms with Gasteiger partial charge in [-0.1, -0.05) is 0 Å². The third-order valence-electron chi connectivity index (χ3n) is 2.60. The van der Waals surface area contributed by atoms with Gasteiger partial charge in [-0.15, -0.1) is 0 Å². The number of hydrogen-bond acceptors (Lipinski definition) is 3. The molecule has 0 aliphatic carbocycles. The lowest BCUT2D eigenvalue weighted by molar-refractivity contribution is 0.100. The molecule has 0 saturated heterocycles. The smallest absolute Gasteiger partial charge is 0.250 e. The summed E-state index contributed by atoms with van der Waals surface area (Å²) in [6.07, 6.45) is 1.49. The number of halogens is 2. The second-order valence-corrected chi connectivity index (χ2v) is 5.18. The monoisotopic (exact) mass is 371 g/mol. The van der Waals surface area contributed by atoms with Gasteiger partial charge in [0.1, 0.15) is 5.82 Å². The first kappa shape index (κ1) is 13.7. The number of carbonyl (C=O) groups excluding carboxylic acids is 1. The zero-order chi connectivity index (χ0) is 14.0. The molecule has 0 unspecified atom stereocenters. The molecule has 98 valence electrons. The van der Waals surface area contributed by atoms with Gasteiger partial charge in [-0.2, -0.15) is 0 Å². The molecule has 2 aromatic rings. The Labute approximate surface area is 123 Å². The molecule has 0 atom stereocenters. The molecule has 4 nitrogen and oxygen atoms in total. The van der Waals surface area contributed by atoms with Gasteiger partial charge in [-0.25, -0.2) is 4.39 Å². The van der Waals surface area contributed by atoms with Crippen LogP contribution in [0, 0.1) is 16.3 Å². The van der Waals surface area contributed by atoms with Gasteiger partial charge in [-0.3, -0.25) is 9.78 Å². The number of aryl methyl sites for hydroxylation is 1. The van der Waals surface area contributed by atoms with Crippen molar-refractivity contribution in [1.82, 2.24) is 4.98 Å². The third-order valence-corrected chi connectivity index (χ3v) is 3.27. The average molecular weight is 371 g/mol. The normalized spacial score (nSPS) is 10.3. The summed E-state index contributed by atoms with van der Waals surface area (Å²) in [5, 5.41) is 2.88. The van der Waals surface area contributed by atoms with Crippen LogP contribution in [0.4, 0.5) is 15.8 Å². The number of anilines is 2. The standard InChI is InChI=1S/C13H11FIN3O/c1-7-12(9(13(16)19)4-5-17-7)18-11-3-2-8(15)6-10(11)14/h2-6,18H,1H3,(H2,16,19). The fourth-order valence-electron chi connectivity index (χ4n) is 1.66. The lowest BCUT2D eigenvalue weighted by Crippen LogP contribution is -2.14. The number of benzene rings is 1. The molecule has 0 radical (unpaired) electrons. The molecule has 0 aliphatic rings. The number of nitrogens with one attached hydrogen (secondary N) is 1. The Morgan fingerprint density at radius 3 is 2.79 bits per heavy atom. The molecular weight excluding hydrogens is 360 g/mol. The van der Waals surface area contributed by atoms with Crippen LogP contribution in [0.1, 0.15) is 16.1 Å². The average Bonchev–Trinajstić information content (AvgIpc) is 2.34. The molecule has 19 heavy (non-hydrogen) atoms. The molecule has 1 aromatic carbocycles. The van der Waals surface area contributed by atoms with E-state index in [0.717, 1.165) is 3.57 Å². The van der Waals surface area contributed by atoms with Crippen LogP contribution in [0.5, 0.6) is 0 Å². The van der Waals surface area contributed by atoms with E-state index >= 15 is 0 Å².